The lowest BCUT2D eigenvalue weighted by atomic mass is 9.74. The third-order valence-corrected chi connectivity index (χ3v) is 8.82. The number of carbonyl (C=O) groups excluding carboxylic acids is 1. The number of likely N-dealkylation sites (tertiary alicyclic amines) is 1. The molecule has 2 saturated heterocycles. The van der Waals surface area contributed by atoms with Crippen LogP contribution >= 0.6 is 0 Å². The van der Waals surface area contributed by atoms with E-state index in [2.05, 4.69) is 41.9 Å². The number of hydrogen-bond acceptors (Lipinski definition) is 5. The van der Waals surface area contributed by atoms with Crippen molar-refractivity contribution in [2.45, 2.75) is 52.5 Å². The maximum atomic E-state index is 13.5. The number of imidazole rings is 1. The van der Waals surface area contributed by atoms with Crippen LogP contribution in [0.15, 0.2) is 30.3 Å². The fourth-order valence-corrected chi connectivity index (χ4v) is 6.49. The average Bonchev–Trinajstić information content (AvgIpc) is 3.60. The minimum absolute atomic E-state index is 0.0587. The van der Waals surface area contributed by atoms with Crippen LogP contribution in [0.3, 0.4) is 0 Å². The summed E-state index contributed by atoms with van der Waals surface area (Å²) in [7, 11) is 1.66. The zero-order valence-corrected chi connectivity index (χ0v) is 22.6. The average molecular weight is 513 g/mol. The normalized spacial score (nSPS) is 18.9. The second-order valence-corrected chi connectivity index (χ2v) is 11.6. The lowest BCUT2D eigenvalue weighted by Gasteiger charge is -2.52. The van der Waals surface area contributed by atoms with Gasteiger partial charge in [0.25, 0.3) is 5.91 Å². The van der Waals surface area contributed by atoms with Crippen LogP contribution in [0.1, 0.15) is 54.4 Å². The van der Waals surface area contributed by atoms with Crippen LogP contribution in [-0.2, 0) is 13.0 Å². The van der Waals surface area contributed by atoms with Crippen molar-refractivity contribution in [1.82, 2.24) is 29.2 Å². The minimum Gasteiger partial charge on any atom is -0.482 e. The van der Waals surface area contributed by atoms with Crippen LogP contribution in [0.2, 0.25) is 0 Å². The summed E-state index contributed by atoms with van der Waals surface area (Å²) in [5, 5.41) is 4.64. The Hall–Kier alpha value is -3.39. The first kappa shape index (κ1) is 23.7. The van der Waals surface area contributed by atoms with Crippen LogP contribution in [0.25, 0.3) is 28.1 Å². The first-order valence-electron chi connectivity index (χ1n) is 14.1. The third kappa shape index (κ3) is 3.80. The van der Waals surface area contributed by atoms with Gasteiger partial charge in [0, 0.05) is 54.3 Å². The standard InChI is InChI=1S/C30H36N6O2/c1-4-23-9-8-21-12-24(35(28(21)32-23)15-20-6-7-20)27-19(2)36-25(33-27)13-22(14-26(36)38-3)29(37)34-17-30(18-34)10-5-11-31-16-30/h8-9,12-14,20,31H,4-7,10-11,15-18H2,1-3H3. The molecule has 1 aliphatic carbocycles. The van der Waals surface area contributed by atoms with Crippen molar-refractivity contribution in [2.24, 2.45) is 11.3 Å². The van der Waals surface area contributed by atoms with Crippen molar-refractivity contribution in [3.05, 3.63) is 47.3 Å². The van der Waals surface area contributed by atoms with E-state index in [-0.39, 0.29) is 11.3 Å². The number of piperidine rings is 1. The largest absolute Gasteiger partial charge is 0.482 e. The van der Waals surface area contributed by atoms with Crippen LogP contribution in [0.4, 0.5) is 0 Å². The summed E-state index contributed by atoms with van der Waals surface area (Å²) in [6.45, 7) is 8.91. The van der Waals surface area contributed by atoms with E-state index in [9.17, 15) is 4.79 Å². The van der Waals surface area contributed by atoms with Gasteiger partial charge in [-0.2, -0.15) is 0 Å². The maximum absolute atomic E-state index is 13.5. The second kappa shape index (κ2) is 8.83. The summed E-state index contributed by atoms with van der Waals surface area (Å²) in [6.07, 6.45) is 5.83. The molecule has 3 aliphatic rings. The first-order chi connectivity index (χ1) is 18.5. The molecule has 198 valence electrons. The summed E-state index contributed by atoms with van der Waals surface area (Å²) in [6, 6.07) is 10.3. The van der Waals surface area contributed by atoms with Crippen LogP contribution in [0, 0.1) is 18.3 Å². The predicted octanol–water partition coefficient (Wildman–Crippen LogP) is 4.47. The minimum atomic E-state index is 0.0587. The molecular formula is C30H36N6O2. The molecule has 8 nitrogen and oxygen atoms in total. The Balaban J connectivity index is 1.29. The molecule has 4 aromatic rings. The van der Waals surface area contributed by atoms with E-state index in [1.165, 1.54) is 25.7 Å². The SMILES string of the molecule is CCc1ccc2cc(-c3nc4cc(C(=O)N5CC6(CCCNC6)C5)cc(OC)n4c3C)n(CC3CC3)c2n1. The van der Waals surface area contributed by atoms with Gasteiger partial charge in [0.05, 0.1) is 18.5 Å². The molecule has 6 heterocycles. The molecule has 0 bridgehead atoms. The number of fused-ring (bicyclic) bond motifs is 2. The van der Waals surface area contributed by atoms with Crippen molar-refractivity contribution in [3.8, 4) is 17.3 Å². The Labute approximate surface area is 223 Å². The van der Waals surface area contributed by atoms with E-state index in [0.717, 1.165) is 78.6 Å². The van der Waals surface area contributed by atoms with E-state index in [1.807, 2.05) is 21.4 Å². The molecular weight excluding hydrogens is 476 g/mol. The molecule has 7 rings (SSSR count). The van der Waals surface area contributed by atoms with Gasteiger partial charge in [-0.15, -0.1) is 0 Å². The molecule has 0 unspecified atom stereocenters. The van der Waals surface area contributed by atoms with Crippen molar-refractivity contribution in [1.29, 1.82) is 0 Å². The van der Waals surface area contributed by atoms with Crippen molar-refractivity contribution < 1.29 is 9.53 Å². The van der Waals surface area contributed by atoms with E-state index in [0.29, 0.717) is 17.4 Å². The number of rotatable bonds is 6. The maximum Gasteiger partial charge on any atom is 0.254 e. The number of aromatic nitrogens is 4. The highest BCUT2D eigenvalue weighted by molar-refractivity contribution is 5.96. The van der Waals surface area contributed by atoms with Gasteiger partial charge in [0.15, 0.2) is 5.88 Å². The molecule has 2 aliphatic heterocycles. The number of methoxy groups -OCH3 is 1. The Morgan fingerprint density at radius 2 is 2.03 bits per heavy atom. The molecule has 4 aromatic heterocycles. The molecule has 8 heteroatoms. The lowest BCUT2D eigenvalue weighted by molar-refractivity contribution is -0.00724. The molecule has 1 saturated carbocycles. The number of hydrogen-bond donors (Lipinski definition) is 1. The van der Waals surface area contributed by atoms with Gasteiger partial charge >= 0.3 is 0 Å². The third-order valence-electron chi connectivity index (χ3n) is 8.82. The zero-order chi connectivity index (χ0) is 26.0. The molecule has 1 N–H and O–H groups in total. The number of carbonyl (C=O) groups is 1. The van der Waals surface area contributed by atoms with Crippen LogP contribution in [-0.4, -0.2) is 63.0 Å². The van der Waals surface area contributed by atoms with E-state index >= 15 is 0 Å². The Morgan fingerprint density at radius 3 is 2.74 bits per heavy atom. The second-order valence-electron chi connectivity index (χ2n) is 11.6. The molecule has 0 atom stereocenters. The van der Waals surface area contributed by atoms with Gasteiger partial charge in [-0.25, -0.2) is 9.97 Å². The van der Waals surface area contributed by atoms with Crippen molar-refractivity contribution in [2.75, 3.05) is 33.3 Å². The summed E-state index contributed by atoms with van der Waals surface area (Å²) in [5.41, 5.74) is 6.76. The highest BCUT2D eigenvalue weighted by Gasteiger charge is 2.45. The van der Waals surface area contributed by atoms with Crippen LogP contribution < -0.4 is 10.1 Å². The molecule has 1 amide bonds. The number of aryl methyl sites for hydroxylation is 2. The zero-order valence-electron chi connectivity index (χ0n) is 22.6. The van der Waals surface area contributed by atoms with Gasteiger partial charge in [-0.05, 0) is 75.8 Å². The smallest absolute Gasteiger partial charge is 0.254 e. The molecule has 1 spiro atoms. The van der Waals surface area contributed by atoms with Gasteiger partial charge in [0.2, 0.25) is 0 Å². The number of nitrogens with zero attached hydrogens (tertiary/aromatic N) is 5. The molecule has 3 fully saturated rings. The number of amides is 1. The highest BCUT2D eigenvalue weighted by atomic mass is 16.5. The topological polar surface area (TPSA) is 76.7 Å². The quantitative estimate of drug-likeness (QED) is 0.413. The van der Waals surface area contributed by atoms with Crippen molar-refractivity contribution >= 4 is 22.6 Å². The van der Waals surface area contributed by atoms with E-state index < -0.39 is 0 Å². The number of nitrogens with one attached hydrogen (secondary N) is 1. The summed E-state index contributed by atoms with van der Waals surface area (Å²) < 4.78 is 10.2. The summed E-state index contributed by atoms with van der Waals surface area (Å²) in [4.78, 5) is 25.6. The summed E-state index contributed by atoms with van der Waals surface area (Å²) >= 11 is 0. The first-order valence-corrected chi connectivity index (χ1v) is 14.1. The Morgan fingerprint density at radius 1 is 1.18 bits per heavy atom. The van der Waals surface area contributed by atoms with Gasteiger partial charge < -0.3 is 19.5 Å². The molecule has 38 heavy (non-hydrogen) atoms. The van der Waals surface area contributed by atoms with Gasteiger partial charge in [-0.3, -0.25) is 9.20 Å². The predicted molar refractivity (Wildman–Crippen MR) is 148 cm³/mol. The number of ether oxygens (including phenoxy) is 1. The van der Waals surface area contributed by atoms with Crippen molar-refractivity contribution in [3.63, 3.8) is 0 Å². The van der Waals surface area contributed by atoms with Gasteiger partial charge in [0.1, 0.15) is 17.0 Å². The van der Waals surface area contributed by atoms with Crippen LogP contribution in [0.5, 0.6) is 5.88 Å². The van der Waals surface area contributed by atoms with Gasteiger partial charge in [-0.1, -0.05) is 6.92 Å². The fraction of sp³-hybridized carbons (Fsp3) is 0.500. The van der Waals surface area contributed by atoms with E-state index in [1.54, 1.807) is 7.11 Å². The number of pyridine rings is 2. The Kier molecular flexibility index (Phi) is 5.51. The fourth-order valence-electron chi connectivity index (χ4n) is 6.49. The monoisotopic (exact) mass is 512 g/mol. The lowest BCUT2D eigenvalue weighted by Crippen LogP contribution is -2.63. The summed E-state index contributed by atoms with van der Waals surface area (Å²) in [5.74, 6) is 1.39. The molecule has 0 radical (unpaired) electrons. The molecule has 0 aromatic carbocycles. The Bertz CT molecular complexity index is 1550. The highest BCUT2D eigenvalue weighted by Crippen LogP contribution is 2.39. The van der Waals surface area contributed by atoms with E-state index in [4.69, 9.17) is 14.7 Å².